The maximum absolute atomic E-state index is 12.0. The number of nitrogens with two attached hydrogens (primary N) is 1. The highest BCUT2D eigenvalue weighted by molar-refractivity contribution is 5.86. The number of nitrogens with one attached hydrogen (secondary N) is 2. The number of amides is 1. The van der Waals surface area contributed by atoms with Crippen LogP contribution in [0.5, 0.6) is 0 Å². The molecule has 0 bridgehead atoms. The quantitative estimate of drug-likeness (QED) is 0.721. The van der Waals surface area contributed by atoms with E-state index >= 15 is 0 Å². The van der Waals surface area contributed by atoms with E-state index in [0.717, 1.165) is 16.5 Å². The Morgan fingerprint density at radius 2 is 2.25 bits per heavy atom. The second-order valence-electron chi connectivity index (χ2n) is 4.99. The number of terminal acetylenes is 1. The van der Waals surface area contributed by atoms with Crippen molar-refractivity contribution in [1.29, 1.82) is 0 Å². The first kappa shape index (κ1) is 14.2. The molecule has 4 N–H and O–H groups in total. The lowest BCUT2D eigenvalue weighted by atomic mass is 10.0. The van der Waals surface area contributed by atoms with Crippen molar-refractivity contribution in [3.63, 3.8) is 0 Å². The molecule has 0 radical (unpaired) electrons. The maximum Gasteiger partial charge on any atom is 0.237 e. The number of aromatic amines is 1. The highest BCUT2D eigenvalue weighted by Crippen LogP contribution is 2.18. The van der Waals surface area contributed by atoms with E-state index < -0.39 is 6.04 Å². The lowest BCUT2D eigenvalue weighted by Gasteiger charge is -2.15. The van der Waals surface area contributed by atoms with Gasteiger partial charge in [-0.05, 0) is 25.0 Å². The Morgan fingerprint density at radius 3 is 3.00 bits per heavy atom. The van der Waals surface area contributed by atoms with Crippen LogP contribution in [0.3, 0.4) is 0 Å². The Bertz CT molecular complexity index is 638. The van der Waals surface area contributed by atoms with Gasteiger partial charge in [-0.25, -0.2) is 0 Å². The van der Waals surface area contributed by atoms with Crippen molar-refractivity contribution in [2.24, 2.45) is 5.73 Å². The Hall–Kier alpha value is -2.25. The molecule has 2 aromatic rings. The first-order valence-corrected chi connectivity index (χ1v) is 6.66. The number of fused-ring (bicyclic) bond motifs is 1. The number of benzene rings is 1. The van der Waals surface area contributed by atoms with Gasteiger partial charge >= 0.3 is 0 Å². The van der Waals surface area contributed by atoms with E-state index in [1.807, 2.05) is 37.4 Å². The number of para-hydroxylation sites is 1. The van der Waals surface area contributed by atoms with Gasteiger partial charge in [0.05, 0.1) is 6.04 Å². The van der Waals surface area contributed by atoms with E-state index in [1.54, 1.807) is 0 Å². The van der Waals surface area contributed by atoms with Gasteiger partial charge in [0.2, 0.25) is 5.91 Å². The van der Waals surface area contributed by atoms with Crippen molar-refractivity contribution >= 4 is 16.8 Å². The Labute approximate surface area is 118 Å². The molecule has 1 aromatic carbocycles. The smallest absolute Gasteiger partial charge is 0.237 e. The monoisotopic (exact) mass is 269 g/mol. The largest absolute Gasteiger partial charge is 0.361 e. The summed E-state index contributed by atoms with van der Waals surface area (Å²) in [5.74, 6) is 2.35. The molecule has 4 heteroatoms. The first-order valence-electron chi connectivity index (χ1n) is 6.66. The lowest BCUT2D eigenvalue weighted by Crippen LogP contribution is -2.45. The Kier molecular flexibility index (Phi) is 4.44. The van der Waals surface area contributed by atoms with E-state index in [9.17, 15) is 4.79 Å². The zero-order chi connectivity index (χ0) is 14.5. The number of aromatic nitrogens is 1. The molecule has 1 amide bonds. The maximum atomic E-state index is 12.0. The minimum Gasteiger partial charge on any atom is -0.361 e. The van der Waals surface area contributed by atoms with Crippen LogP contribution in [0.25, 0.3) is 10.9 Å². The third kappa shape index (κ3) is 3.19. The summed E-state index contributed by atoms with van der Waals surface area (Å²) in [6.45, 7) is 1.87. The van der Waals surface area contributed by atoms with Crippen LogP contribution in [-0.4, -0.2) is 23.0 Å². The molecule has 104 valence electrons. The van der Waals surface area contributed by atoms with Crippen LogP contribution in [0.1, 0.15) is 18.9 Å². The molecule has 0 saturated carbocycles. The Balaban J connectivity index is 2.02. The van der Waals surface area contributed by atoms with E-state index in [-0.39, 0.29) is 11.9 Å². The molecule has 4 nitrogen and oxygen atoms in total. The summed E-state index contributed by atoms with van der Waals surface area (Å²) in [6.07, 6.45) is 8.13. The molecule has 0 spiro atoms. The number of hydrogen-bond acceptors (Lipinski definition) is 2. The van der Waals surface area contributed by atoms with E-state index in [1.165, 1.54) is 0 Å². The standard InChI is InChI=1S/C16H19N3O/c1-3-6-11(2)19-16(20)14(17)9-12-10-18-15-8-5-4-7-13(12)15/h1,4-5,7-8,10-11,14,18H,6,9,17H2,2H3,(H,19,20)/t11?,14-/m0/s1. The van der Waals surface area contributed by atoms with Crippen LogP contribution in [0.4, 0.5) is 0 Å². The van der Waals surface area contributed by atoms with Crippen molar-refractivity contribution in [3.8, 4) is 12.3 Å². The predicted molar refractivity (Wildman–Crippen MR) is 81.0 cm³/mol. The van der Waals surface area contributed by atoms with Gasteiger partial charge in [0.1, 0.15) is 0 Å². The van der Waals surface area contributed by atoms with E-state index in [0.29, 0.717) is 12.8 Å². The molecule has 0 fully saturated rings. The molecule has 1 unspecified atom stereocenters. The number of carbonyl (C=O) groups excluding carboxylic acids is 1. The molecule has 2 atom stereocenters. The molecule has 0 saturated heterocycles. The molecular formula is C16H19N3O. The normalized spacial score (nSPS) is 13.7. The summed E-state index contributed by atoms with van der Waals surface area (Å²) in [5.41, 5.74) is 8.07. The number of hydrogen-bond donors (Lipinski definition) is 3. The predicted octanol–water partition coefficient (Wildman–Crippen LogP) is 1.57. The molecule has 0 aliphatic rings. The Morgan fingerprint density at radius 1 is 1.50 bits per heavy atom. The fourth-order valence-corrected chi connectivity index (χ4v) is 2.21. The number of rotatable bonds is 5. The molecular weight excluding hydrogens is 250 g/mol. The topological polar surface area (TPSA) is 70.9 Å². The van der Waals surface area contributed by atoms with Gasteiger partial charge in [-0.2, -0.15) is 0 Å². The second kappa shape index (κ2) is 6.27. The van der Waals surface area contributed by atoms with Crippen LogP contribution in [0.15, 0.2) is 30.5 Å². The average Bonchev–Trinajstić information content (AvgIpc) is 2.82. The fraction of sp³-hybridized carbons (Fsp3) is 0.312. The van der Waals surface area contributed by atoms with Crippen LogP contribution >= 0.6 is 0 Å². The van der Waals surface area contributed by atoms with Crippen LogP contribution in [0, 0.1) is 12.3 Å². The minimum atomic E-state index is -0.575. The zero-order valence-electron chi connectivity index (χ0n) is 11.5. The van der Waals surface area contributed by atoms with Gasteiger partial charge < -0.3 is 16.0 Å². The minimum absolute atomic E-state index is 0.0541. The number of carbonyl (C=O) groups is 1. The van der Waals surface area contributed by atoms with Crippen molar-refractivity contribution < 1.29 is 4.79 Å². The summed E-state index contributed by atoms with van der Waals surface area (Å²) >= 11 is 0. The summed E-state index contributed by atoms with van der Waals surface area (Å²) in [7, 11) is 0. The third-order valence-corrected chi connectivity index (χ3v) is 3.26. The van der Waals surface area contributed by atoms with E-state index in [4.69, 9.17) is 12.2 Å². The molecule has 0 aliphatic heterocycles. The van der Waals surface area contributed by atoms with Crippen LogP contribution in [0.2, 0.25) is 0 Å². The van der Waals surface area contributed by atoms with Gasteiger partial charge in [-0.3, -0.25) is 4.79 Å². The van der Waals surface area contributed by atoms with Crippen LogP contribution < -0.4 is 11.1 Å². The van der Waals surface area contributed by atoms with Crippen molar-refractivity contribution in [2.45, 2.75) is 31.8 Å². The second-order valence-corrected chi connectivity index (χ2v) is 4.99. The molecule has 20 heavy (non-hydrogen) atoms. The zero-order valence-corrected chi connectivity index (χ0v) is 11.5. The van der Waals surface area contributed by atoms with Gasteiger partial charge in [-0.15, -0.1) is 12.3 Å². The summed E-state index contributed by atoms with van der Waals surface area (Å²) < 4.78 is 0. The first-order chi connectivity index (χ1) is 9.61. The van der Waals surface area contributed by atoms with Crippen molar-refractivity contribution in [2.75, 3.05) is 0 Å². The third-order valence-electron chi connectivity index (χ3n) is 3.26. The lowest BCUT2D eigenvalue weighted by molar-refractivity contribution is -0.122. The van der Waals surface area contributed by atoms with Gasteiger partial charge in [0.15, 0.2) is 0 Å². The average molecular weight is 269 g/mol. The highest BCUT2D eigenvalue weighted by Gasteiger charge is 2.17. The molecule has 1 heterocycles. The summed E-state index contributed by atoms with van der Waals surface area (Å²) in [5, 5.41) is 3.93. The molecule has 1 aromatic heterocycles. The van der Waals surface area contributed by atoms with Gasteiger partial charge in [0.25, 0.3) is 0 Å². The summed E-state index contributed by atoms with van der Waals surface area (Å²) in [4.78, 5) is 15.2. The van der Waals surface area contributed by atoms with E-state index in [2.05, 4.69) is 16.2 Å². The van der Waals surface area contributed by atoms with Gasteiger partial charge in [-0.1, -0.05) is 18.2 Å². The molecule has 2 rings (SSSR count). The van der Waals surface area contributed by atoms with Gasteiger partial charge in [0, 0.05) is 29.6 Å². The van der Waals surface area contributed by atoms with Crippen molar-refractivity contribution in [3.05, 3.63) is 36.0 Å². The highest BCUT2D eigenvalue weighted by atomic mass is 16.2. The van der Waals surface area contributed by atoms with Crippen molar-refractivity contribution in [1.82, 2.24) is 10.3 Å². The fourth-order valence-electron chi connectivity index (χ4n) is 2.21. The van der Waals surface area contributed by atoms with Crippen LogP contribution in [-0.2, 0) is 11.2 Å². The molecule has 0 aliphatic carbocycles. The summed E-state index contributed by atoms with van der Waals surface area (Å²) in [6, 6.07) is 7.33. The number of H-pyrrole nitrogens is 1. The SMILES string of the molecule is C#CCC(C)NC(=O)[C@@H](N)Cc1c[nH]c2ccccc12.